The van der Waals surface area contributed by atoms with E-state index in [0.29, 0.717) is 16.5 Å². The first-order valence-electron chi connectivity index (χ1n) is 6.37. The standard InChI is InChI=1S/C13H18N2O3S/c1-8-4-3-5-15(7-8)13(18)14-10-6-9(2)11(19-10)12(16)17/h6,8H,3-5,7H2,1-2H3,(H,14,18)(H,16,17). The number of carboxylic acids is 1. The number of hydrogen-bond acceptors (Lipinski definition) is 3. The maximum Gasteiger partial charge on any atom is 0.346 e. The van der Waals surface area contributed by atoms with Crippen molar-refractivity contribution in [1.82, 2.24) is 4.90 Å². The van der Waals surface area contributed by atoms with Crippen LogP contribution in [0.15, 0.2) is 6.07 Å². The molecule has 1 atom stereocenters. The molecular weight excluding hydrogens is 264 g/mol. The summed E-state index contributed by atoms with van der Waals surface area (Å²) in [5, 5.41) is 12.4. The lowest BCUT2D eigenvalue weighted by Gasteiger charge is -2.30. The molecule has 6 heteroatoms. The maximum atomic E-state index is 12.1. The minimum absolute atomic E-state index is 0.135. The molecule has 1 aliphatic rings. The smallest absolute Gasteiger partial charge is 0.346 e. The van der Waals surface area contributed by atoms with Crippen LogP contribution in [0.3, 0.4) is 0 Å². The fourth-order valence-corrected chi connectivity index (χ4v) is 3.22. The van der Waals surface area contributed by atoms with E-state index in [0.717, 1.165) is 37.3 Å². The third-order valence-corrected chi connectivity index (χ3v) is 4.43. The lowest BCUT2D eigenvalue weighted by Crippen LogP contribution is -2.41. The number of carbonyl (C=O) groups excluding carboxylic acids is 1. The number of urea groups is 1. The predicted molar refractivity (Wildman–Crippen MR) is 75.0 cm³/mol. The van der Waals surface area contributed by atoms with Gasteiger partial charge < -0.3 is 10.0 Å². The maximum absolute atomic E-state index is 12.1. The Morgan fingerprint density at radius 1 is 1.53 bits per heavy atom. The summed E-state index contributed by atoms with van der Waals surface area (Å²) in [6.07, 6.45) is 2.18. The van der Waals surface area contributed by atoms with E-state index in [4.69, 9.17) is 5.11 Å². The minimum atomic E-state index is -0.949. The van der Waals surface area contributed by atoms with Gasteiger partial charge in [-0.25, -0.2) is 9.59 Å². The molecule has 0 aromatic carbocycles. The highest BCUT2D eigenvalue weighted by Crippen LogP contribution is 2.27. The molecule has 1 aromatic heterocycles. The zero-order valence-electron chi connectivity index (χ0n) is 11.1. The van der Waals surface area contributed by atoms with Crippen molar-refractivity contribution in [3.05, 3.63) is 16.5 Å². The summed E-state index contributed by atoms with van der Waals surface area (Å²) >= 11 is 1.10. The van der Waals surface area contributed by atoms with Crippen LogP contribution in [0.5, 0.6) is 0 Å². The molecule has 2 amide bonds. The van der Waals surface area contributed by atoms with Gasteiger partial charge in [-0.3, -0.25) is 5.32 Å². The van der Waals surface area contributed by atoms with E-state index in [2.05, 4.69) is 12.2 Å². The highest BCUT2D eigenvalue weighted by atomic mass is 32.1. The fourth-order valence-electron chi connectivity index (χ4n) is 2.31. The number of piperidine rings is 1. The first-order valence-corrected chi connectivity index (χ1v) is 7.18. The summed E-state index contributed by atoms with van der Waals surface area (Å²) in [6.45, 7) is 5.41. The zero-order valence-corrected chi connectivity index (χ0v) is 11.9. The molecule has 0 bridgehead atoms. The topological polar surface area (TPSA) is 69.6 Å². The molecule has 1 aliphatic heterocycles. The van der Waals surface area contributed by atoms with E-state index in [1.54, 1.807) is 17.9 Å². The van der Waals surface area contributed by atoms with Crippen LogP contribution in [0.25, 0.3) is 0 Å². The number of thiophene rings is 1. The molecule has 19 heavy (non-hydrogen) atoms. The molecule has 1 unspecified atom stereocenters. The molecule has 2 rings (SSSR count). The average molecular weight is 282 g/mol. The second kappa shape index (κ2) is 5.61. The molecule has 0 radical (unpaired) electrons. The van der Waals surface area contributed by atoms with Crippen LogP contribution in [-0.4, -0.2) is 35.1 Å². The number of hydrogen-bond donors (Lipinski definition) is 2. The monoisotopic (exact) mass is 282 g/mol. The van der Waals surface area contributed by atoms with Crippen LogP contribution < -0.4 is 5.32 Å². The number of nitrogens with zero attached hydrogens (tertiary/aromatic N) is 1. The first-order chi connectivity index (χ1) is 8.97. The Labute approximate surface area is 116 Å². The third-order valence-electron chi connectivity index (χ3n) is 3.29. The highest BCUT2D eigenvalue weighted by Gasteiger charge is 2.22. The normalized spacial score (nSPS) is 19.3. The number of carbonyl (C=O) groups is 2. The van der Waals surface area contributed by atoms with E-state index < -0.39 is 5.97 Å². The molecule has 1 fully saturated rings. The van der Waals surface area contributed by atoms with Gasteiger partial charge in [0, 0.05) is 13.1 Å². The van der Waals surface area contributed by atoms with Gasteiger partial charge in [-0.15, -0.1) is 11.3 Å². The Morgan fingerprint density at radius 3 is 2.84 bits per heavy atom. The van der Waals surface area contributed by atoms with Crippen molar-refractivity contribution < 1.29 is 14.7 Å². The summed E-state index contributed by atoms with van der Waals surface area (Å²) in [5.41, 5.74) is 0.680. The van der Waals surface area contributed by atoms with Crippen molar-refractivity contribution >= 4 is 28.3 Å². The number of aryl methyl sites for hydroxylation is 1. The summed E-state index contributed by atoms with van der Waals surface area (Å²) in [7, 11) is 0. The Kier molecular flexibility index (Phi) is 4.09. The molecule has 5 nitrogen and oxygen atoms in total. The number of amides is 2. The highest BCUT2D eigenvalue weighted by molar-refractivity contribution is 7.18. The van der Waals surface area contributed by atoms with Crippen molar-refractivity contribution in [1.29, 1.82) is 0 Å². The molecule has 2 heterocycles. The third kappa shape index (κ3) is 3.26. The summed E-state index contributed by atoms with van der Waals surface area (Å²) in [4.78, 5) is 25.1. The van der Waals surface area contributed by atoms with Gasteiger partial charge in [-0.05, 0) is 37.3 Å². The van der Waals surface area contributed by atoms with E-state index in [1.807, 2.05) is 0 Å². The molecule has 2 N–H and O–H groups in total. The zero-order chi connectivity index (χ0) is 14.0. The molecule has 104 valence electrons. The average Bonchev–Trinajstić information content (AvgIpc) is 2.70. The Bertz CT molecular complexity index is 498. The van der Waals surface area contributed by atoms with E-state index in [1.165, 1.54) is 0 Å². The predicted octanol–water partition coefficient (Wildman–Crippen LogP) is 3.02. The lowest BCUT2D eigenvalue weighted by atomic mass is 10.0. The molecule has 1 saturated heterocycles. The van der Waals surface area contributed by atoms with Crippen LogP contribution in [0.4, 0.5) is 9.80 Å². The number of anilines is 1. The van der Waals surface area contributed by atoms with Crippen LogP contribution in [0.1, 0.15) is 35.0 Å². The van der Waals surface area contributed by atoms with Gasteiger partial charge in [0.25, 0.3) is 0 Å². The second-order valence-corrected chi connectivity index (χ2v) is 6.10. The van der Waals surface area contributed by atoms with Crippen LogP contribution >= 0.6 is 11.3 Å². The largest absolute Gasteiger partial charge is 0.477 e. The lowest BCUT2D eigenvalue weighted by molar-refractivity contribution is 0.0701. The molecular formula is C13H18N2O3S. The Hall–Kier alpha value is -1.56. The van der Waals surface area contributed by atoms with Crippen molar-refractivity contribution in [2.45, 2.75) is 26.7 Å². The quantitative estimate of drug-likeness (QED) is 0.876. The number of aromatic carboxylic acids is 1. The van der Waals surface area contributed by atoms with Gasteiger partial charge >= 0.3 is 12.0 Å². The van der Waals surface area contributed by atoms with Crippen LogP contribution in [0.2, 0.25) is 0 Å². The summed E-state index contributed by atoms with van der Waals surface area (Å²) < 4.78 is 0. The minimum Gasteiger partial charge on any atom is -0.477 e. The first kappa shape index (κ1) is 13.9. The van der Waals surface area contributed by atoms with Gasteiger partial charge in [0.2, 0.25) is 0 Å². The Morgan fingerprint density at radius 2 is 2.26 bits per heavy atom. The molecule has 0 saturated carbocycles. The van der Waals surface area contributed by atoms with Gasteiger partial charge in [0.1, 0.15) is 4.88 Å². The molecule has 0 aliphatic carbocycles. The van der Waals surface area contributed by atoms with Crippen LogP contribution in [-0.2, 0) is 0 Å². The van der Waals surface area contributed by atoms with Gasteiger partial charge in [-0.2, -0.15) is 0 Å². The number of nitrogens with one attached hydrogen (secondary N) is 1. The van der Waals surface area contributed by atoms with E-state index in [9.17, 15) is 9.59 Å². The van der Waals surface area contributed by atoms with Crippen molar-refractivity contribution in [2.24, 2.45) is 5.92 Å². The van der Waals surface area contributed by atoms with Crippen molar-refractivity contribution in [3.63, 3.8) is 0 Å². The van der Waals surface area contributed by atoms with Crippen LogP contribution in [0, 0.1) is 12.8 Å². The summed E-state index contributed by atoms with van der Waals surface area (Å²) in [6, 6.07) is 1.57. The fraction of sp³-hybridized carbons (Fsp3) is 0.538. The van der Waals surface area contributed by atoms with Gasteiger partial charge in [-0.1, -0.05) is 6.92 Å². The van der Waals surface area contributed by atoms with E-state index in [-0.39, 0.29) is 10.9 Å². The number of rotatable bonds is 2. The molecule has 0 spiro atoms. The van der Waals surface area contributed by atoms with E-state index >= 15 is 0 Å². The number of likely N-dealkylation sites (tertiary alicyclic amines) is 1. The summed E-state index contributed by atoms with van der Waals surface area (Å²) in [5.74, 6) is -0.422. The Balaban J connectivity index is 2.02. The van der Waals surface area contributed by atoms with Crippen molar-refractivity contribution in [3.8, 4) is 0 Å². The van der Waals surface area contributed by atoms with Gasteiger partial charge in [0.05, 0.1) is 5.00 Å². The molecule has 1 aromatic rings. The SMILES string of the molecule is Cc1cc(NC(=O)N2CCCC(C)C2)sc1C(=O)O. The van der Waals surface area contributed by atoms with Gasteiger partial charge in [0.15, 0.2) is 0 Å². The number of carboxylic acid groups (broad SMARTS) is 1. The second-order valence-electron chi connectivity index (χ2n) is 5.05. The van der Waals surface area contributed by atoms with Crippen molar-refractivity contribution in [2.75, 3.05) is 18.4 Å².